The fourth-order valence-corrected chi connectivity index (χ4v) is 2.79. The SMILES string of the molecule is Cc1cc(C(F)(F)F)ccc1-c1ccc2c(c1)CCC2=O. The van der Waals surface area contributed by atoms with E-state index in [-0.39, 0.29) is 5.78 Å². The van der Waals surface area contributed by atoms with E-state index in [9.17, 15) is 18.0 Å². The summed E-state index contributed by atoms with van der Waals surface area (Å²) >= 11 is 0. The molecule has 1 aliphatic rings. The Hall–Kier alpha value is -2.10. The number of carbonyl (C=O) groups excluding carboxylic acids is 1. The van der Waals surface area contributed by atoms with E-state index in [2.05, 4.69) is 0 Å². The number of alkyl halides is 3. The van der Waals surface area contributed by atoms with Gasteiger partial charge in [0.15, 0.2) is 5.78 Å². The van der Waals surface area contributed by atoms with Crippen LogP contribution in [0.1, 0.15) is 33.5 Å². The predicted octanol–water partition coefficient (Wildman–Crippen LogP) is 4.81. The van der Waals surface area contributed by atoms with Gasteiger partial charge in [0, 0.05) is 12.0 Å². The average molecular weight is 290 g/mol. The third kappa shape index (κ3) is 2.46. The number of hydrogen-bond donors (Lipinski definition) is 0. The van der Waals surface area contributed by atoms with E-state index >= 15 is 0 Å². The molecule has 0 atom stereocenters. The molecule has 0 unspecified atom stereocenters. The third-order valence-electron chi connectivity index (χ3n) is 3.89. The van der Waals surface area contributed by atoms with Gasteiger partial charge in [-0.1, -0.05) is 24.3 Å². The summed E-state index contributed by atoms with van der Waals surface area (Å²) in [5.41, 5.74) is 3.29. The van der Waals surface area contributed by atoms with Crippen LogP contribution < -0.4 is 0 Å². The van der Waals surface area contributed by atoms with E-state index in [0.717, 1.165) is 34.4 Å². The Morgan fingerprint density at radius 3 is 2.33 bits per heavy atom. The van der Waals surface area contributed by atoms with Crippen LogP contribution >= 0.6 is 0 Å². The number of fused-ring (bicyclic) bond motifs is 1. The van der Waals surface area contributed by atoms with Crippen molar-refractivity contribution in [1.82, 2.24) is 0 Å². The largest absolute Gasteiger partial charge is 0.416 e. The molecule has 21 heavy (non-hydrogen) atoms. The summed E-state index contributed by atoms with van der Waals surface area (Å²) in [5.74, 6) is 0.140. The highest BCUT2D eigenvalue weighted by molar-refractivity contribution is 6.01. The molecule has 3 rings (SSSR count). The van der Waals surface area contributed by atoms with Crippen molar-refractivity contribution in [2.24, 2.45) is 0 Å². The summed E-state index contributed by atoms with van der Waals surface area (Å²) in [5, 5.41) is 0. The summed E-state index contributed by atoms with van der Waals surface area (Å²) < 4.78 is 38.1. The van der Waals surface area contributed by atoms with Gasteiger partial charge in [0.2, 0.25) is 0 Å². The quantitative estimate of drug-likeness (QED) is 0.736. The van der Waals surface area contributed by atoms with E-state index in [1.54, 1.807) is 19.1 Å². The number of hydrogen-bond acceptors (Lipinski definition) is 1. The molecule has 1 aliphatic carbocycles. The maximum absolute atomic E-state index is 12.7. The van der Waals surface area contributed by atoms with Crippen LogP contribution in [0.3, 0.4) is 0 Å². The zero-order valence-electron chi connectivity index (χ0n) is 11.4. The molecule has 0 fully saturated rings. The van der Waals surface area contributed by atoms with Gasteiger partial charge in [-0.15, -0.1) is 0 Å². The molecule has 2 aromatic carbocycles. The highest BCUT2D eigenvalue weighted by Crippen LogP contribution is 2.34. The number of halogens is 3. The summed E-state index contributed by atoms with van der Waals surface area (Å²) in [6, 6.07) is 9.25. The third-order valence-corrected chi connectivity index (χ3v) is 3.89. The Morgan fingerprint density at radius 1 is 0.952 bits per heavy atom. The molecular weight excluding hydrogens is 277 g/mol. The van der Waals surface area contributed by atoms with Crippen molar-refractivity contribution >= 4 is 5.78 Å². The van der Waals surface area contributed by atoms with Crippen LogP contribution in [0.5, 0.6) is 0 Å². The minimum absolute atomic E-state index is 0.140. The monoisotopic (exact) mass is 290 g/mol. The number of aryl methyl sites for hydroxylation is 2. The van der Waals surface area contributed by atoms with Gasteiger partial charge in [-0.2, -0.15) is 13.2 Å². The van der Waals surface area contributed by atoms with Gasteiger partial charge in [-0.25, -0.2) is 0 Å². The van der Waals surface area contributed by atoms with Crippen molar-refractivity contribution in [2.75, 3.05) is 0 Å². The van der Waals surface area contributed by atoms with Gasteiger partial charge >= 0.3 is 6.18 Å². The average Bonchev–Trinajstić information content (AvgIpc) is 2.79. The molecule has 1 nitrogen and oxygen atoms in total. The predicted molar refractivity (Wildman–Crippen MR) is 74.3 cm³/mol. The molecule has 0 saturated carbocycles. The maximum Gasteiger partial charge on any atom is 0.416 e. The van der Waals surface area contributed by atoms with Crippen LogP contribution in [0.2, 0.25) is 0 Å². The molecule has 0 heterocycles. The van der Waals surface area contributed by atoms with Gasteiger partial charge < -0.3 is 0 Å². The van der Waals surface area contributed by atoms with Gasteiger partial charge in [0.25, 0.3) is 0 Å². The summed E-state index contributed by atoms with van der Waals surface area (Å²) in [4.78, 5) is 11.6. The fourth-order valence-electron chi connectivity index (χ4n) is 2.79. The second kappa shape index (κ2) is 4.72. The first-order valence-electron chi connectivity index (χ1n) is 6.70. The Balaban J connectivity index is 2.04. The van der Waals surface area contributed by atoms with Crippen LogP contribution in [-0.4, -0.2) is 5.78 Å². The molecule has 0 aromatic heterocycles. The van der Waals surface area contributed by atoms with Crippen molar-refractivity contribution in [1.29, 1.82) is 0 Å². The van der Waals surface area contributed by atoms with Crippen molar-refractivity contribution < 1.29 is 18.0 Å². The lowest BCUT2D eigenvalue weighted by molar-refractivity contribution is -0.137. The van der Waals surface area contributed by atoms with E-state index in [4.69, 9.17) is 0 Å². The van der Waals surface area contributed by atoms with Gasteiger partial charge in [0.05, 0.1) is 5.56 Å². The second-order valence-electron chi connectivity index (χ2n) is 5.32. The molecule has 0 saturated heterocycles. The van der Waals surface area contributed by atoms with Crippen molar-refractivity contribution in [3.63, 3.8) is 0 Å². The highest BCUT2D eigenvalue weighted by Gasteiger charge is 2.30. The molecule has 4 heteroatoms. The Morgan fingerprint density at radius 2 is 1.67 bits per heavy atom. The fraction of sp³-hybridized carbons (Fsp3) is 0.235. The number of carbonyl (C=O) groups is 1. The lowest BCUT2D eigenvalue weighted by Crippen LogP contribution is -2.05. The number of benzene rings is 2. The molecular formula is C17H13F3O. The van der Waals surface area contributed by atoms with Crippen LogP contribution in [0.25, 0.3) is 11.1 Å². The topological polar surface area (TPSA) is 17.1 Å². The Kier molecular flexibility index (Phi) is 3.12. The standard InChI is InChI=1S/C17H13F3O/c1-10-8-13(17(18,19)20)4-6-14(10)11-2-5-15-12(9-11)3-7-16(15)21/h2,4-6,8-9H,3,7H2,1H3. The second-order valence-corrected chi connectivity index (χ2v) is 5.32. The van der Waals surface area contributed by atoms with Crippen LogP contribution in [0.15, 0.2) is 36.4 Å². The van der Waals surface area contributed by atoms with Crippen molar-refractivity contribution in [2.45, 2.75) is 25.9 Å². The summed E-state index contributed by atoms with van der Waals surface area (Å²) in [7, 11) is 0. The molecule has 108 valence electrons. The first-order valence-corrected chi connectivity index (χ1v) is 6.70. The molecule has 0 bridgehead atoms. The van der Waals surface area contributed by atoms with Crippen molar-refractivity contribution in [3.8, 4) is 11.1 Å². The van der Waals surface area contributed by atoms with Crippen molar-refractivity contribution in [3.05, 3.63) is 58.7 Å². The summed E-state index contributed by atoms with van der Waals surface area (Å²) in [6.45, 7) is 1.67. The van der Waals surface area contributed by atoms with E-state index in [1.807, 2.05) is 6.07 Å². The van der Waals surface area contributed by atoms with Gasteiger partial charge in [0.1, 0.15) is 0 Å². The first kappa shape index (κ1) is 13.9. The highest BCUT2D eigenvalue weighted by atomic mass is 19.4. The smallest absolute Gasteiger partial charge is 0.294 e. The van der Waals surface area contributed by atoms with Crippen LogP contribution in [0.4, 0.5) is 13.2 Å². The van der Waals surface area contributed by atoms with Gasteiger partial charge in [-0.05, 0) is 47.7 Å². The first-order chi connectivity index (χ1) is 9.86. The van der Waals surface area contributed by atoms with Crippen LogP contribution in [-0.2, 0) is 12.6 Å². The Labute approximate surface area is 120 Å². The number of Topliss-reactive ketones (excluding diaryl/α,β-unsaturated/α-hetero) is 1. The Bertz CT molecular complexity index is 729. The van der Waals surface area contributed by atoms with Gasteiger partial charge in [-0.3, -0.25) is 4.79 Å². The molecule has 0 radical (unpaired) electrons. The zero-order valence-corrected chi connectivity index (χ0v) is 11.4. The van der Waals surface area contributed by atoms with Crippen LogP contribution in [0, 0.1) is 6.92 Å². The molecule has 0 aliphatic heterocycles. The van der Waals surface area contributed by atoms with E-state index in [1.165, 1.54) is 6.07 Å². The maximum atomic E-state index is 12.7. The normalized spacial score (nSPS) is 14.4. The zero-order chi connectivity index (χ0) is 15.2. The summed E-state index contributed by atoms with van der Waals surface area (Å²) in [6.07, 6.45) is -3.10. The minimum Gasteiger partial charge on any atom is -0.294 e. The molecule has 0 amide bonds. The lowest BCUT2D eigenvalue weighted by Gasteiger charge is -2.12. The van der Waals surface area contributed by atoms with E-state index in [0.29, 0.717) is 18.4 Å². The lowest BCUT2D eigenvalue weighted by atomic mass is 9.95. The molecule has 0 N–H and O–H groups in total. The molecule has 0 spiro atoms. The number of rotatable bonds is 1. The van der Waals surface area contributed by atoms with E-state index < -0.39 is 11.7 Å². The number of ketones is 1. The minimum atomic E-state index is -4.33. The molecule has 2 aromatic rings.